The molecule has 1 aliphatic heterocycles. The van der Waals surface area contributed by atoms with Crippen molar-refractivity contribution in [3.63, 3.8) is 0 Å². The summed E-state index contributed by atoms with van der Waals surface area (Å²) in [4.78, 5) is 33.5. The van der Waals surface area contributed by atoms with E-state index in [0.717, 1.165) is 24.2 Å². The van der Waals surface area contributed by atoms with Gasteiger partial charge in [0.25, 0.3) is 11.7 Å². The number of rotatable bonds is 9. The molecule has 3 rings (SSSR count). The van der Waals surface area contributed by atoms with Crippen LogP contribution in [0.2, 0.25) is 0 Å². The number of Topliss-reactive ketones (excluding diaryl/α,β-unsaturated/α-hetero) is 1. The summed E-state index contributed by atoms with van der Waals surface area (Å²) in [6.45, 7) is 5.57. The Balaban J connectivity index is 2.03. The summed E-state index contributed by atoms with van der Waals surface area (Å²) in [5.74, 6) is -0.743. The SMILES string of the molecule is CCCCOc1ccc(/C(O)=C2\C(=O)C(=O)N(CCN(C)C)[C@H]2c2cccnc2)cc1C. The van der Waals surface area contributed by atoms with E-state index < -0.39 is 17.7 Å². The maximum atomic E-state index is 13.0. The molecule has 0 unspecified atom stereocenters. The Kier molecular flexibility index (Phi) is 7.64. The highest BCUT2D eigenvalue weighted by molar-refractivity contribution is 6.46. The van der Waals surface area contributed by atoms with Crippen molar-refractivity contribution in [2.75, 3.05) is 33.8 Å². The molecule has 1 aromatic carbocycles. The highest BCUT2D eigenvalue weighted by atomic mass is 16.5. The number of hydrogen-bond donors (Lipinski definition) is 1. The molecule has 2 aromatic rings. The molecular weight excluding hydrogens is 406 g/mol. The second-order valence-electron chi connectivity index (χ2n) is 8.26. The summed E-state index contributed by atoms with van der Waals surface area (Å²) in [5.41, 5.74) is 2.10. The Bertz CT molecular complexity index is 1000. The van der Waals surface area contributed by atoms with E-state index >= 15 is 0 Å². The minimum absolute atomic E-state index is 0.0841. The van der Waals surface area contributed by atoms with Gasteiger partial charge in [0.15, 0.2) is 0 Å². The van der Waals surface area contributed by atoms with Crippen molar-refractivity contribution in [2.45, 2.75) is 32.7 Å². The highest BCUT2D eigenvalue weighted by Crippen LogP contribution is 2.39. The predicted octanol–water partition coefficient (Wildman–Crippen LogP) is 3.55. The topological polar surface area (TPSA) is 83.0 Å². The summed E-state index contributed by atoms with van der Waals surface area (Å²) in [7, 11) is 3.81. The van der Waals surface area contributed by atoms with Crippen LogP contribution < -0.4 is 4.74 Å². The number of unbranched alkanes of at least 4 members (excludes halogenated alkanes) is 1. The zero-order chi connectivity index (χ0) is 23.3. The van der Waals surface area contributed by atoms with E-state index in [4.69, 9.17) is 4.74 Å². The van der Waals surface area contributed by atoms with Gasteiger partial charge in [-0.2, -0.15) is 0 Å². The third kappa shape index (κ3) is 4.99. The number of aliphatic hydroxyl groups is 1. The molecule has 1 aromatic heterocycles. The summed E-state index contributed by atoms with van der Waals surface area (Å²) in [5, 5.41) is 11.2. The van der Waals surface area contributed by atoms with Crippen LogP contribution in [0.4, 0.5) is 0 Å². The van der Waals surface area contributed by atoms with Crippen LogP contribution in [0.1, 0.15) is 42.5 Å². The number of pyridine rings is 1. The van der Waals surface area contributed by atoms with Crippen molar-refractivity contribution < 1.29 is 19.4 Å². The van der Waals surface area contributed by atoms with Gasteiger partial charge in [-0.05, 0) is 62.8 Å². The van der Waals surface area contributed by atoms with Crippen LogP contribution in [0.5, 0.6) is 5.75 Å². The fourth-order valence-electron chi connectivity index (χ4n) is 3.74. The number of amides is 1. The molecule has 2 heterocycles. The maximum absolute atomic E-state index is 13.0. The molecule has 170 valence electrons. The fourth-order valence-corrected chi connectivity index (χ4v) is 3.74. The molecular formula is C25H31N3O4. The van der Waals surface area contributed by atoms with Gasteiger partial charge in [-0.3, -0.25) is 14.6 Å². The first-order valence-electron chi connectivity index (χ1n) is 10.9. The van der Waals surface area contributed by atoms with E-state index in [1.165, 1.54) is 4.90 Å². The van der Waals surface area contributed by atoms with E-state index in [1.807, 2.05) is 32.0 Å². The predicted molar refractivity (Wildman–Crippen MR) is 123 cm³/mol. The molecule has 7 nitrogen and oxygen atoms in total. The average Bonchev–Trinajstić information content (AvgIpc) is 3.03. The first-order valence-corrected chi connectivity index (χ1v) is 10.9. The fraction of sp³-hybridized carbons (Fsp3) is 0.400. The number of carbonyl (C=O) groups is 2. The van der Waals surface area contributed by atoms with Gasteiger partial charge in [0.05, 0.1) is 18.2 Å². The van der Waals surface area contributed by atoms with E-state index in [2.05, 4.69) is 11.9 Å². The van der Waals surface area contributed by atoms with Crippen LogP contribution >= 0.6 is 0 Å². The second-order valence-corrected chi connectivity index (χ2v) is 8.26. The Labute approximate surface area is 189 Å². The molecule has 7 heteroatoms. The molecule has 1 atom stereocenters. The Hall–Kier alpha value is -3.19. The number of aryl methyl sites for hydroxylation is 1. The molecule has 32 heavy (non-hydrogen) atoms. The van der Waals surface area contributed by atoms with Crippen LogP contribution in [0.15, 0.2) is 48.3 Å². The van der Waals surface area contributed by atoms with Gasteiger partial charge < -0.3 is 19.6 Å². The molecule has 1 amide bonds. The lowest BCUT2D eigenvalue weighted by molar-refractivity contribution is -0.140. The number of likely N-dealkylation sites (N-methyl/N-ethyl adjacent to an activating group) is 1. The van der Waals surface area contributed by atoms with Gasteiger partial charge in [-0.25, -0.2) is 0 Å². The monoisotopic (exact) mass is 437 g/mol. The van der Waals surface area contributed by atoms with Crippen molar-refractivity contribution in [3.05, 3.63) is 65.0 Å². The standard InChI is InChI=1S/C25H31N3O4/c1-5-6-14-32-20-10-9-18(15-17(20)2)23(29)21-22(19-8-7-11-26-16-19)28(13-12-27(3)4)25(31)24(21)30/h7-11,15-16,22,29H,5-6,12-14H2,1-4H3/b23-21+/t22-/m0/s1. The zero-order valence-corrected chi connectivity index (χ0v) is 19.2. The lowest BCUT2D eigenvalue weighted by atomic mass is 9.95. The lowest BCUT2D eigenvalue weighted by Crippen LogP contribution is -2.35. The van der Waals surface area contributed by atoms with Gasteiger partial charge in [0.1, 0.15) is 11.5 Å². The van der Waals surface area contributed by atoms with Crippen LogP contribution in [-0.4, -0.2) is 65.4 Å². The highest BCUT2D eigenvalue weighted by Gasteiger charge is 2.46. The van der Waals surface area contributed by atoms with E-state index in [0.29, 0.717) is 30.8 Å². The van der Waals surface area contributed by atoms with Gasteiger partial charge in [0, 0.05) is 31.0 Å². The number of benzene rings is 1. The number of nitrogens with zero attached hydrogens (tertiary/aromatic N) is 3. The number of likely N-dealkylation sites (tertiary alicyclic amines) is 1. The molecule has 1 saturated heterocycles. The summed E-state index contributed by atoms with van der Waals surface area (Å²) >= 11 is 0. The minimum Gasteiger partial charge on any atom is -0.507 e. The van der Waals surface area contributed by atoms with Crippen LogP contribution in [0.3, 0.4) is 0 Å². The zero-order valence-electron chi connectivity index (χ0n) is 19.2. The molecule has 1 fully saturated rings. The Morgan fingerprint density at radius 1 is 1.25 bits per heavy atom. The molecule has 0 spiro atoms. The van der Waals surface area contributed by atoms with Crippen molar-refractivity contribution in [1.29, 1.82) is 0 Å². The number of aliphatic hydroxyl groups excluding tert-OH is 1. The minimum atomic E-state index is -0.690. The third-order valence-electron chi connectivity index (χ3n) is 5.53. The largest absolute Gasteiger partial charge is 0.507 e. The molecule has 1 aliphatic rings. The molecule has 0 radical (unpaired) electrons. The normalized spacial score (nSPS) is 17.9. The number of carbonyl (C=O) groups excluding carboxylic acids is 2. The third-order valence-corrected chi connectivity index (χ3v) is 5.53. The smallest absolute Gasteiger partial charge is 0.295 e. The number of ketones is 1. The number of ether oxygens (including phenoxy) is 1. The summed E-state index contributed by atoms with van der Waals surface area (Å²) in [6.07, 6.45) is 5.27. The van der Waals surface area contributed by atoms with Gasteiger partial charge in [-0.15, -0.1) is 0 Å². The molecule has 1 N–H and O–H groups in total. The molecule has 0 bridgehead atoms. The average molecular weight is 438 g/mol. The van der Waals surface area contributed by atoms with Crippen molar-refractivity contribution >= 4 is 17.4 Å². The van der Waals surface area contributed by atoms with Gasteiger partial charge in [0.2, 0.25) is 0 Å². The van der Waals surface area contributed by atoms with Crippen LogP contribution in [0.25, 0.3) is 5.76 Å². The quantitative estimate of drug-likeness (QED) is 0.280. The van der Waals surface area contributed by atoms with Crippen LogP contribution in [-0.2, 0) is 9.59 Å². The molecule has 0 aliphatic carbocycles. The molecule has 0 saturated carbocycles. The van der Waals surface area contributed by atoms with E-state index in [9.17, 15) is 14.7 Å². The van der Waals surface area contributed by atoms with E-state index in [1.54, 1.807) is 36.7 Å². The van der Waals surface area contributed by atoms with E-state index in [-0.39, 0.29) is 11.3 Å². The van der Waals surface area contributed by atoms with Crippen LogP contribution in [0, 0.1) is 6.92 Å². The first-order chi connectivity index (χ1) is 15.3. The van der Waals surface area contributed by atoms with Crippen molar-refractivity contribution in [1.82, 2.24) is 14.8 Å². The lowest BCUT2D eigenvalue weighted by Gasteiger charge is -2.26. The van der Waals surface area contributed by atoms with Gasteiger partial charge in [-0.1, -0.05) is 19.4 Å². The van der Waals surface area contributed by atoms with Gasteiger partial charge >= 0.3 is 0 Å². The summed E-state index contributed by atoms with van der Waals surface area (Å²) in [6, 6.07) is 8.18. The summed E-state index contributed by atoms with van der Waals surface area (Å²) < 4.78 is 5.80. The Morgan fingerprint density at radius 2 is 2.03 bits per heavy atom. The van der Waals surface area contributed by atoms with Crippen molar-refractivity contribution in [2.24, 2.45) is 0 Å². The Morgan fingerprint density at radius 3 is 2.66 bits per heavy atom. The second kappa shape index (κ2) is 10.4. The van der Waals surface area contributed by atoms with Crippen molar-refractivity contribution in [3.8, 4) is 5.75 Å². The number of aromatic nitrogens is 1. The maximum Gasteiger partial charge on any atom is 0.295 e. The number of hydrogen-bond acceptors (Lipinski definition) is 6. The first kappa shape index (κ1) is 23.5.